The van der Waals surface area contributed by atoms with Gasteiger partial charge in [-0.3, -0.25) is 10.1 Å². The average Bonchev–Trinajstić information content (AvgIpc) is 2.59. The first kappa shape index (κ1) is 17.1. The highest BCUT2D eigenvalue weighted by atomic mass is 16.6. The summed E-state index contributed by atoms with van der Waals surface area (Å²) in [6.07, 6.45) is 0. The lowest BCUT2D eigenvalue weighted by Gasteiger charge is -2.12. The molecule has 0 atom stereocenters. The summed E-state index contributed by atoms with van der Waals surface area (Å²) in [5.74, 6) is -0.492. The van der Waals surface area contributed by atoms with E-state index in [2.05, 4.69) is 0 Å². The quantitative estimate of drug-likeness (QED) is 0.613. The summed E-state index contributed by atoms with van der Waals surface area (Å²) in [5.41, 5.74) is -0.000993. The monoisotopic (exact) mass is 333 g/mol. The van der Waals surface area contributed by atoms with Crippen LogP contribution in [0.3, 0.4) is 0 Å². The highest BCUT2D eigenvalue weighted by Crippen LogP contribution is 2.35. The molecule has 2 aromatic rings. The van der Waals surface area contributed by atoms with Crippen LogP contribution in [-0.4, -0.2) is 30.2 Å². The SMILES string of the molecule is COc1cc(COc2ccccc2C(=O)O)c([N+](=O)[O-])cc1OC. The topological polar surface area (TPSA) is 108 Å². The molecule has 1 N–H and O–H groups in total. The molecular weight excluding hydrogens is 318 g/mol. The predicted octanol–water partition coefficient (Wildman–Crippen LogP) is 2.89. The van der Waals surface area contributed by atoms with Crippen LogP contribution in [-0.2, 0) is 6.61 Å². The van der Waals surface area contributed by atoms with Gasteiger partial charge in [-0.25, -0.2) is 4.79 Å². The van der Waals surface area contributed by atoms with Crippen LogP contribution >= 0.6 is 0 Å². The van der Waals surface area contributed by atoms with E-state index in [-0.39, 0.29) is 34.9 Å². The molecule has 0 bridgehead atoms. The standard InChI is InChI=1S/C16H15NO7/c1-22-14-7-10(12(17(20)21)8-15(14)23-2)9-24-13-6-4-3-5-11(13)16(18)19/h3-8H,9H2,1-2H3,(H,18,19). The lowest BCUT2D eigenvalue weighted by atomic mass is 10.1. The van der Waals surface area contributed by atoms with Gasteiger partial charge in [0.2, 0.25) is 0 Å². The Bertz CT molecular complexity index is 773. The summed E-state index contributed by atoms with van der Waals surface area (Å²) in [6.45, 7) is -0.193. The van der Waals surface area contributed by atoms with Crippen molar-refractivity contribution < 1.29 is 29.0 Å². The fourth-order valence-electron chi connectivity index (χ4n) is 2.12. The molecule has 0 heterocycles. The van der Waals surface area contributed by atoms with Gasteiger partial charge in [-0.2, -0.15) is 0 Å². The summed E-state index contributed by atoms with van der Waals surface area (Å²) < 4.78 is 15.6. The second-order valence-electron chi connectivity index (χ2n) is 4.68. The minimum atomic E-state index is -1.15. The van der Waals surface area contributed by atoms with E-state index < -0.39 is 10.9 Å². The zero-order valence-electron chi connectivity index (χ0n) is 13.0. The van der Waals surface area contributed by atoms with E-state index in [0.29, 0.717) is 5.75 Å². The molecule has 0 aromatic heterocycles. The molecule has 2 aromatic carbocycles. The predicted molar refractivity (Wildman–Crippen MR) is 83.9 cm³/mol. The number of benzene rings is 2. The van der Waals surface area contributed by atoms with Crippen molar-refractivity contribution >= 4 is 11.7 Å². The third-order valence-electron chi connectivity index (χ3n) is 3.28. The van der Waals surface area contributed by atoms with Gasteiger partial charge in [0, 0.05) is 0 Å². The number of carboxylic acid groups (broad SMARTS) is 1. The second-order valence-corrected chi connectivity index (χ2v) is 4.68. The van der Waals surface area contributed by atoms with Crippen LogP contribution in [0.2, 0.25) is 0 Å². The number of ether oxygens (including phenoxy) is 3. The Hall–Kier alpha value is -3.29. The maximum absolute atomic E-state index is 11.2. The molecule has 0 saturated carbocycles. The number of nitro groups is 1. The number of nitrogens with zero attached hydrogens (tertiary/aromatic N) is 1. The van der Waals surface area contributed by atoms with E-state index in [9.17, 15) is 14.9 Å². The van der Waals surface area contributed by atoms with Gasteiger partial charge in [0.1, 0.15) is 17.9 Å². The zero-order valence-corrected chi connectivity index (χ0v) is 13.0. The van der Waals surface area contributed by atoms with Crippen LogP contribution < -0.4 is 14.2 Å². The van der Waals surface area contributed by atoms with Crippen molar-refractivity contribution in [3.8, 4) is 17.2 Å². The number of carboxylic acids is 1. The molecule has 126 valence electrons. The van der Waals surface area contributed by atoms with E-state index >= 15 is 0 Å². The van der Waals surface area contributed by atoms with Gasteiger partial charge >= 0.3 is 5.97 Å². The van der Waals surface area contributed by atoms with Gasteiger partial charge in [-0.05, 0) is 18.2 Å². The number of rotatable bonds is 7. The fourth-order valence-corrected chi connectivity index (χ4v) is 2.12. The molecule has 8 heteroatoms. The Balaban J connectivity index is 2.36. The van der Waals surface area contributed by atoms with Crippen LogP contribution in [0.25, 0.3) is 0 Å². The normalized spacial score (nSPS) is 10.1. The number of hydrogen-bond donors (Lipinski definition) is 1. The molecule has 0 aliphatic carbocycles. The Morgan fingerprint density at radius 2 is 1.75 bits per heavy atom. The highest BCUT2D eigenvalue weighted by molar-refractivity contribution is 5.90. The van der Waals surface area contributed by atoms with Gasteiger partial charge in [-0.1, -0.05) is 12.1 Å². The van der Waals surface area contributed by atoms with Gasteiger partial charge in [-0.15, -0.1) is 0 Å². The lowest BCUT2D eigenvalue weighted by Crippen LogP contribution is -2.06. The van der Waals surface area contributed by atoms with Crippen molar-refractivity contribution in [2.75, 3.05) is 14.2 Å². The van der Waals surface area contributed by atoms with Crippen LogP contribution in [0.1, 0.15) is 15.9 Å². The van der Waals surface area contributed by atoms with Gasteiger partial charge in [0.25, 0.3) is 5.69 Å². The summed E-state index contributed by atoms with van der Waals surface area (Å²) in [5, 5.41) is 20.4. The first-order valence-electron chi connectivity index (χ1n) is 6.82. The van der Waals surface area contributed by atoms with Gasteiger partial charge < -0.3 is 19.3 Å². The van der Waals surface area contributed by atoms with E-state index in [0.717, 1.165) is 0 Å². The molecule has 0 saturated heterocycles. The minimum Gasteiger partial charge on any atom is -0.493 e. The van der Waals surface area contributed by atoms with Gasteiger partial charge in [0.15, 0.2) is 11.5 Å². The van der Waals surface area contributed by atoms with E-state index in [1.807, 2.05) is 0 Å². The number of nitro benzene ring substituents is 1. The van der Waals surface area contributed by atoms with Crippen molar-refractivity contribution in [3.05, 3.63) is 57.6 Å². The Morgan fingerprint density at radius 3 is 2.33 bits per heavy atom. The maximum atomic E-state index is 11.2. The molecule has 0 unspecified atom stereocenters. The van der Waals surface area contributed by atoms with E-state index in [1.165, 1.54) is 38.5 Å². The zero-order chi connectivity index (χ0) is 17.7. The van der Waals surface area contributed by atoms with Crippen molar-refractivity contribution in [2.24, 2.45) is 0 Å². The largest absolute Gasteiger partial charge is 0.493 e. The number of para-hydroxylation sites is 1. The average molecular weight is 333 g/mol. The third-order valence-corrected chi connectivity index (χ3v) is 3.28. The third kappa shape index (κ3) is 3.54. The molecule has 24 heavy (non-hydrogen) atoms. The van der Waals surface area contributed by atoms with Crippen LogP contribution in [0, 0.1) is 10.1 Å². The molecular formula is C16H15NO7. The maximum Gasteiger partial charge on any atom is 0.339 e. The van der Waals surface area contributed by atoms with E-state index in [4.69, 9.17) is 19.3 Å². The van der Waals surface area contributed by atoms with Crippen molar-refractivity contribution in [1.29, 1.82) is 0 Å². The van der Waals surface area contributed by atoms with Gasteiger partial charge in [0.05, 0.1) is 30.8 Å². The van der Waals surface area contributed by atoms with Crippen molar-refractivity contribution in [2.45, 2.75) is 6.61 Å². The summed E-state index contributed by atoms with van der Waals surface area (Å²) in [6, 6.07) is 8.72. The molecule has 0 aliphatic rings. The minimum absolute atomic E-state index is 0.0272. The lowest BCUT2D eigenvalue weighted by molar-refractivity contribution is -0.385. The summed E-state index contributed by atoms with van der Waals surface area (Å²) in [7, 11) is 2.79. The number of hydrogen-bond acceptors (Lipinski definition) is 6. The Morgan fingerprint density at radius 1 is 1.12 bits per heavy atom. The molecule has 2 rings (SSSR count). The van der Waals surface area contributed by atoms with Crippen LogP contribution in [0.15, 0.2) is 36.4 Å². The van der Waals surface area contributed by atoms with Crippen molar-refractivity contribution in [1.82, 2.24) is 0 Å². The molecule has 0 aliphatic heterocycles. The number of carbonyl (C=O) groups is 1. The smallest absolute Gasteiger partial charge is 0.339 e. The van der Waals surface area contributed by atoms with Crippen LogP contribution in [0.5, 0.6) is 17.2 Å². The summed E-state index contributed by atoms with van der Waals surface area (Å²) >= 11 is 0. The molecule has 8 nitrogen and oxygen atoms in total. The Kier molecular flexibility index (Phi) is 5.20. The first-order chi connectivity index (χ1) is 11.5. The summed E-state index contributed by atoms with van der Waals surface area (Å²) in [4.78, 5) is 21.8. The number of aromatic carboxylic acids is 1. The number of methoxy groups -OCH3 is 2. The first-order valence-corrected chi connectivity index (χ1v) is 6.82. The molecule has 0 amide bonds. The highest BCUT2D eigenvalue weighted by Gasteiger charge is 2.20. The van der Waals surface area contributed by atoms with Crippen molar-refractivity contribution in [3.63, 3.8) is 0 Å². The second kappa shape index (κ2) is 7.32. The molecule has 0 radical (unpaired) electrons. The Labute approximate surface area is 137 Å². The van der Waals surface area contributed by atoms with Crippen LogP contribution in [0.4, 0.5) is 5.69 Å². The molecule has 0 fully saturated rings. The van der Waals surface area contributed by atoms with E-state index in [1.54, 1.807) is 12.1 Å². The fraction of sp³-hybridized carbons (Fsp3) is 0.188. The molecule has 0 spiro atoms.